The average Bonchev–Trinajstić information content (AvgIpc) is 2.91. The maximum absolute atomic E-state index is 6.05. The smallest absolute Gasteiger partial charge is 0.225 e. The molecule has 2 aromatic heterocycles. The van der Waals surface area contributed by atoms with Crippen LogP contribution in [0.3, 0.4) is 0 Å². The monoisotopic (exact) mass is 332 g/mol. The molecule has 3 rings (SSSR count). The number of aromatic nitrogens is 2. The van der Waals surface area contributed by atoms with Gasteiger partial charge < -0.3 is 10.2 Å². The van der Waals surface area contributed by atoms with Crippen molar-refractivity contribution in [1.29, 1.82) is 0 Å². The Morgan fingerprint density at radius 2 is 1.95 bits per heavy atom. The summed E-state index contributed by atoms with van der Waals surface area (Å²) < 4.78 is 0. The lowest BCUT2D eigenvalue weighted by Crippen LogP contribution is -2.21. The van der Waals surface area contributed by atoms with Crippen LogP contribution in [0.4, 0.5) is 5.82 Å². The molecule has 0 bridgehead atoms. The lowest BCUT2D eigenvalue weighted by atomic mass is 10.2. The summed E-state index contributed by atoms with van der Waals surface area (Å²) in [6.07, 6.45) is 0. The number of nitrogens with zero attached hydrogens (tertiary/aromatic N) is 3. The zero-order valence-electron chi connectivity index (χ0n) is 12.5. The van der Waals surface area contributed by atoms with E-state index in [9.17, 15) is 0 Å². The molecule has 1 N–H and O–H groups in total. The van der Waals surface area contributed by atoms with Crippen LogP contribution in [-0.4, -0.2) is 42.1 Å². The van der Waals surface area contributed by atoms with E-state index in [4.69, 9.17) is 11.6 Å². The SMILES string of the molecule is CN(C)CCNc1nc(Cl)nc2sc(-c3ccccc3)cc12. The highest BCUT2D eigenvalue weighted by atomic mass is 35.5. The molecule has 0 amide bonds. The van der Waals surface area contributed by atoms with Gasteiger partial charge in [-0.05, 0) is 37.3 Å². The number of fused-ring (bicyclic) bond motifs is 1. The Balaban J connectivity index is 1.96. The lowest BCUT2D eigenvalue weighted by Gasteiger charge is -2.11. The predicted octanol–water partition coefficient (Wildman–Crippen LogP) is 3.99. The van der Waals surface area contributed by atoms with E-state index in [2.05, 4.69) is 38.4 Å². The van der Waals surface area contributed by atoms with Gasteiger partial charge in [-0.2, -0.15) is 0 Å². The van der Waals surface area contributed by atoms with Crippen molar-refractivity contribution in [2.45, 2.75) is 0 Å². The van der Waals surface area contributed by atoms with Crippen molar-refractivity contribution >= 4 is 39.0 Å². The first-order valence-electron chi connectivity index (χ1n) is 7.04. The third-order valence-corrected chi connectivity index (χ3v) is 4.52. The van der Waals surface area contributed by atoms with E-state index in [1.807, 2.05) is 32.3 Å². The van der Waals surface area contributed by atoms with Crippen LogP contribution in [0.2, 0.25) is 5.28 Å². The molecule has 0 saturated heterocycles. The molecule has 6 heteroatoms. The first-order chi connectivity index (χ1) is 10.6. The Bertz CT molecular complexity index is 770. The van der Waals surface area contributed by atoms with Crippen molar-refractivity contribution < 1.29 is 0 Å². The molecule has 0 saturated carbocycles. The number of hydrogen-bond donors (Lipinski definition) is 1. The number of hydrogen-bond acceptors (Lipinski definition) is 5. The largest absolute Gasteiger partial charge is 0.368 e. The van der Waals surface area contributed by atoms with Gasteiger partial charge in [-0.25, -0.2) is 9.97 Å². The first-order valence-corrected chi connectivity index (χ1v) is 8.24. The van der Waals surface area contributed by atoms with Crippen LogP contribution in [0.25, 0.3) is 20.7 Å². The fraction of sp³-hybridized carbons (Fsp3) is 0.250. The normalized spacial score (nSPS) is 11.3. The van der Waals surface area contributed by atoms with E-state index in [1.54, 1.807) is 11.3 Å². The molecule has 0 aliphatic carbocycles. The molecular formula is C16H17ClN4S. The molecule has 2 heterocycles. The Labute approximate surface area is 138 Å². The minimum absolute atomic E-state index is 0.279. The van der Waals surface area contributed by atoms with Gasteiger partial charge in [0.15, 0.2) is 0 Å². The topological polar surface area (TPSA) is 41.0 Å². The second kappa shape index (κ2) is 6.60. The lowest BCUT2D eigenvalue weighted by molar-refractivity contribution is 0.425. The fourth-order valence-electron chi connectivity index (χ4n) is 2.17. The number of benzene rings is 1. The Morgan fingerprint density at radius 3 is 2.68 bits per heavy atom. The van der Waals surface area contributed by atoms with E-state index in [-0.39, 0.29) is 5.28 Å². The molecule has 0 radical (unpaired) electrons. The molecule has 114 valence electrons. The van der Waals surface area contributed by atoms with Gasteiger partial charge in [-0.1, -0.05) is 30.3 Å². The average molecular weight is 333 g/mol. The summed E-state index contributed by atoms with van der Waals surface area (Å²) in [7, 11) is 4.09. The maximum Gasteiger partial charge on any atom is 0.225 e. The molecule has 0 atom stereocenters. The predicted molar refractivity (Wildman–Crippen MR) is 94.9 cm³/mol. The number of nitrogens with one attached hydrogen (secondary N) is 1. The van der Waals surface area contributed by atoms with Gasteiger partial charge in [-0.15, -0.1) is 11.3 Å². The third-order valence-electron chi connectivity index (χ3n) is 3.28. The first kappa shape index (κ1) is 15.2. The summed E-state index contributed by atoms with van der Waals surface area (Å²) in [5.41, 5.74) is 1.18. The van der Waals surface area contributed by atoms with Crippen LogP contribution in [0.1, 0.15) is 0 Å². The number of likely N-dealkylation sites (N-methyl/N-ethyl adjacent to an activating group) is 1. The second-order valence-electron chi connectivity index (χ2n) is 5.27. The summed E-state index contributed by atoms with van der Waals surface area (Å²) in [5.74, 6) is 0.801. The van der Waals surface area contributed by atoms with Gasteiger partial charge in [0.05, 0.1) is 5.39 Å². The molecule has 1 aromatic carbocycles. The molecule has 22 heavy (non-hydrogen) atoms. The van der Waals surface area contributed by atoms with Crippen molar-refractivity contribution in [2.24, 2.45) is 0 Å². The van der Waals surface area contributed by atoms with Crippen molar-refractivity contribution in [3.05, 3.63) is 41.7 Å². The summed E-state index contributed by atoms with van der Waals surface area (Å²) in [6, 6.07) is 12.4. The van der Waals surface area contributed by atoms with Crippen molar-refractivity contribution in [3.63, 3.8) is 0 Å². The van der Waals surface area contributed by atoms with E-state index >= 15 is 0 Å². The van der Waals surface area contributed by atoms with Crippen LogP contribution in [0.15, 0.2) is 36.4 Å². The van der Waals surface area contributed by atoms with E-state index < -0.39 is 0 Å². The fourth-order valence-corrected chi connectivity index (χ4v) is 3.43. The minimum Gasteiger partial charge on any atom is -0.368 e. The van der Waals surface area contributed by atoms with Gasteiger partial charge in [0, 0.05) is 18.0 Å². The Morgan fingerprint density at radius 1 is 1.18 bits per heavy atom. The molecule has 0 fully saturated rings. The van der Waals surface area contributed by atoms with E-state index in [1.165, 1.54) is 10.4 Å². The molecule has 0 spiro atoms. The highest BCUT2D eigenvalue weighted by Gasteiger charge is 2.12. The number of anilines is 1. The minimum atomic E-state index is 0.279. The zero-order chi connectivity index (χ0) is 15.5. The summed E-state index contributed by atoms with van der Waals surface area (Å²) >= 11 is 7.69. The molecule has 4 nitrogen and oxygen atoms in total. The second-order valence-corrected chi connectivity index (χ2v) is 6.64. The van der Waals surface area contributed by atoms with Crippen molar-refractivity contribution in [2.75, 3.05) is 32.5 Å². The van der Waals surface area contributed by atoms with Gasteiger partial charge in [0.2, 0.25) is 5.28 Å². The maximum atomic E-state index is 6.05. The van der Waals surface area contributed by atoms with Gasteiger partial charge in [-0.3, -0.25) is 0 Å². The zero-order valence-corrected chi connectivity index (χ0v) is 14.1. The van der Waals surface area contributed by atoms with Crippen molar-refractivity contribution in [1.82, 2.24) is 14.9 Å². The van der Waals surface area contributed by atoms with Crippen LogP contribution in [-0.2, 0) is 0 Å². The molecular weight excluding hydrogens is 316 g/mol. The third kappa shape index (κ3) is 3.38. The van der Waals surface area contributed by atoms with E-state index in [0.29, 0.717) is 0 Å². The van der Waals surface area contributed by atoms with Gasteiger partial charge in [0.1, 0.15) is 10.6 Å². The van der Waals surface area contributed by atoms with Gasteiger partial charge >= 0.3 is 0 Å². The summed E-state index contributed by atoms with van der Waals surface area (Å²) in [4.78, 5) is 12.9. The van der Waals surface area contributed by atoms with E-state index in [0.717, 1.165) is 29.1 Å². The molecule has 0 unspecified atom stereocenters. The van der Waals surface area contributed by atoms with Crippen LogP contribution < -0.4 is 5.32 Å². The van der Waals surface area contributed by atoms with Crippen molar-refractivity contribution in [3.8, 4) is 10.4 Å². The summed E-state index contributed by atoms with van der Waals surface area (Å²) in [6.45, 7) is 1.74. The van der Waals surface area contributed by atoms with Crippen LogP contribution >= 0.6 is 22.9 Å². The van der Waals surface area contributed by atoms with Crippen LogP contribution in [0.5, 0.6) is 0 Å². The highest BCUT2D eigenvalue weighted by Crippen LogP contribution is 2.35. The molecule has 0 aliphatic rings. The number of halogens is 1. The Kier molecular flexibility index (Phi) is 4.57. The molecule has 3 aromatic rings. The summed E-state index contributed by atoms with van der Waals surface area (Å²) in [5, 5.41) is 4.65. The molecule has 0 aliphatic heterocycles. The quantitative estimate of drug-likeness (QED) is 0.717. The highest BCUT2D eigenvalue weighted by molar-refractivity contribution is 7.22. The van der Waals surface area contributed by atoms with Crippen LogP contribution in [0, 0.1) is 0 Å². The number of thiophene rings is 1. The number of rotatable bonds is 5. The van der Waals surface area contributed by atoms with Gasteiger partial charge in [0.25, 0.3) is 0 Å². The Hall–Kier alpha value is -1.69. The standard InChI is InChI=1S/C16H17ClN4S/c1-21(2)9-8-18-14-12-10-13(11-6-4-3-5-7-11)22-15(12)20-16(17)19-14/h3-7,10H,8-9H2,1-2H3,(H,18,19,20).